The van der Waals surface area contributed by atoms with Crippen LogP contribution in [0.5, 0.6) is 0 Å². The summed E-state index contributed by atoms with van der Waals surface area (Å²) < 4.78 is 1.79. The average molecular weight is 398 g/mol. The Morgan fingerprint density at radius 2 is 1.80 bits per heavy atom. The van der Waals surface area contributed by atoms with E-state index < -0.39 is 0 Å². The van der Waals surface area contributed by atoms with Gasteiger partial charge in [0.1, 0.15) is 0 Å². The third-order valence-corrected chi connectivity index (χ3v) is 3.98. The summed E-state index contributed by atoms with van der Waals surface area (Å²) in [5.41, 5.74) is 8.00. The fraction of sp³-hybridized carbons (Fsp3) is 0.133. The molecule has 2 aromatic rings. The lowest BCUT2D eigenvalue weighted by Gasteiger charge is -2.08. The Kier molecular flexibility index (Phi) is 5.34. The van der Waals surface area contributed by atoms with Gasteiger partial charge in [-0.15, -0.1) is 0 Å². The molecule has 2 aromatic carbocycles. The molecule has 0 heterocycles. The van der Waals surface area contributed by atoms with Gasteiger partial charge in [-0.3, -0.25) is 4.79 Å². The molecule has 0 bridgehead atoms. The molecule has 1 amide bonds. The van der Waals surface area contributed by atoms with Crippen molar-refractivity contribution in [2.75, 3.05) is 11.9 Å². The molecular weight excluding hydrogens is 384 g/mol. The molecule has 0 saturated carbocycles. The molecule has 20 heavy (non-hydrogen) atoms. The molecule has 5 heteroatoms. The Bertz CT molecular complexity index is 612. The van der Waals surface area contributed by atoms with E-state index in [0.717, 1.165) is 26.6 Å². The fourth-order valence-electron chi connectivity index (χ4n) is 1.77. The molecule has 0 radical (unpaired) electrons. The van der Waals surface area contributed by atoms with Crippen LogP contribution in [0.2, 0.25) is 0 Å². The van der Waals surface area contributed by atoms with E-state index in [0.29, 0.717) is 12.1 Å². The van der Waals surface area contributed by atoms with Crippen LogP contribution in [0.15, 0.2) is 51.4 Å². The SMILES string of the molecule is NCCc1ccc(C(=O)Nc2ccc(Br)cc2Br)cc1. The van der Waals surface area contributed by atoms with Gasteiger partial charge in [-0.05, 0) is 64.8 Å². The van der Waals surface area contributed by atoms with Crippen molar-refractivity contribution in [3.05, 3.63) is 62.5 Å². The number of nitrogens with one attached hydrogen (secondary N) is 1. The van der Waals surface area contributed by atoms with Crippen molar-refractivity contribution in [3.63, 3.8) is 0 Å². The maximum absolute atomic E-state index is 12.2. The van der Waals surface area contributed by atoms with E-state index >= 15 is 0 Å². The highest BCUT2D eigenvalue weighted by atomic mass is 79.9. The van der Waals surface area contributed by atoms with Crippen molar-refractivity contribution >= 4 is 43.5 Å². The molecule has 0 saturated heterocycles. The van der Waals surface area contributed by atoms with Gasteiger partial charge in [0.25, 0.3) is 5.91 Å². The van der Waals surface area contributed by atoms with E-state index in [4.69, 9.17) is 5.73 Å². The Balaban J connectivity index is 2.11. The summed E-state index contributed by atoms with van der Waals surface area (Å²) in [6.45, 7) is 0.609. The van der Waals surface area contributed by atoms with Crippen LogP contribution in [-0.2, 0) is 6.42 Å². The summed E-state index contributed by atoms with van der Waals surface area (Å²) in [6.07, 6.45) is 0.820. The second-order valence-electron chi connectivity index (χ2n) is 4.31. The van der Waals surface area contributed by atoms with Crippen molar-refractivity contribution in [1.82, 2.24) is 0 Å². The Morgan fingerprint density at radius 3 is 2.40 bits per heavy atom. The van der Waals surface area contributed by atoms with Crippen LogP contribution in [0.3, 0.4) is 0 Å². The monoisotopic (exact) mass is 396 g/mol. The second kappa shape index (κ2) is 7.02. The van der Waals surface area contributed by atoms with Crippen molar-refractivity contribution in [1.29, 1.82) is 0 Å². The molecule has 0 aliphatic heterocycles. The van der Waals surface area contributed by atoms with Gasteiger partial charge in [0, 0.05) is 14.5 Å². The van der Waals surface area contributed by atoms with Crippen LogP contribution < -0.4 is 11.1 Å². The number of rotatable bonds is 4. The molecule has 3 N–H and O–H groups in total. The first-order chi connectivity index (χ1) is 9.60. The zero-order valence-corrected chi connectivity index (χ0v) is 13.9. The number of carbonyl (C=O) groups is 1. The maximum atomic E-state index is 12.2. The highest BCUT2D eigenvalue weighted by Crippen LogP contribution is 2.26. The van der Waals surface area contributed by atoms with Crippen LogP contribution >= 0.6 is 31.9 Å². The van der Waals surface area contributed by atoms with E-state index in [-0.39, 0.29) is 5.91 Å². The highest BCUT2D eigenvalue weighted by molar-refractivity contribution is 9.11. The maximum Gasteiger partial charge on any atom is 0.255 e. The van der Waals surface area contributed by atoms with Crippen molar-refractivity contribution in [2.45, 2.75) is 6.42 Å². The van der Waals surface area contributed by atoms with Gasteiger partial charge in [0.2, 0.25) is 0 Å². The lowest BCUT2D eigenvalue weighted by atomic mass is 10.1. The number of halogens is 2. The predicted molar refractivity (Wildman–Crippen MR) is 89.0 cm³/mol. The number of anilines is 1. The van der Waals surface area contributed by atoms with Gasteiger partial charge in [0.15, 0.2) is 0 Å². The first kappa shape index (κ1) is 15.2. The quantitative estimate of drug-likeness (QED) is 0.820. The molecule has 2 rings (SSSR count). The van der Waals surface area contributed by atoms with Gasteiger partial charge in [-0.1, -0.05) is 28.1 Å². The lowest BCUT2D eigenvalue weighted by Crippen LogP contribution is -2.12. The first-order valence-corrected chi connectivity index (χ1v) is 7.74. The van der Waals surface area contributed by atoms with E-state index in [1.165, 1.54) is 0 Å². The number of hydrogen-bond donors (Lipinski definition) is 2. The van der Waals surface area contributed by atoms with E-state index in [1.54, 1.807) is 0 Å². The van der Waals surface area contributed by atoms with E-state index in [2.05, 4.69) is 37.2 Å². The molecule has 0 aliphatic carbocycles. The molecule has 0 unspecified atom stereocenters. The van der Waals surface area contributed by atoms with Crippen molar-refractivity contribution in [2.24, 2.45) is 5.73 Å². The van der Waals surface area contributed by atoms with Gasteiger partial charge in [-0.2, -0.15) is 0 Å². The summed E-state index contributed by atoms with van der Waals surface area (Å²) in [5, 5.41) is 2.87. The number of amides is 1. The largest absolute Gasteiger partial charge is 0.330 e. The van der Waals surface area contributed by atoms with Crippen LogP contribution in [0, 0.1) is 0 Å². The topological polar surface area (TPSA) is 55.1 Å². The van der Waals surface area contributed by atoms with Crippen LogP contribution in [0.1, 0.15) is 15.9 Å². The van der Waals surface area contributed by atoms with Gasteiger partial charge in [-0.25, -0.2) is 0 Å². The molecular formula is C15H14Br2N2O. The molecule has 3 nitrogen and oxygen atoms in total. The number of hydrogen-bond acceptors (Lipinski definition) is 2. The minimum atomic E-state index is -0.132. The van der Waals surface area contributed by atoms with Gasteiger partial charge < -0.3 is 11.1 Å². The average Bonchev–Trinajstić information content (AvgIpc) is 2.43. The number of benzene rings is 2. The Labute approximate surface area is 134 Å². The molecule has 0 spiro atoms. The molecule has 0 atom stereocenters. The fourth-order valence-corrected chi connectivity index (χ4v) is 2.92. The summed E-state index contributed by atoms with van der Waals surface area (Å²) in [6, 6.07) is 13.1. The normalized spacial score (nSPS) is 10.3. The second-order valence-corrected chi connectivity index (χ2v) is 6.08. The lowest BCUT2D eigenvalue weighted by molar-refractivity contribution is 0.102. The zero-order chi connectivity index (χ0) is 14.5. The minimum Gasteiger partial charge on any atom is -0.330 e. The van der Waals surface area contributed by atoms with Crippen LogP contribution in [0.25, 0.3) is 0 Å². The van der Waals surface area contributed by atoms with Crippen molar-refractivity contribution < 1.29 is 4.79 Å². The summed E-state index contributed by atoms with van der Waals surface area (Å²) in [5.74, 6) is -0.132. The molecule has 0 aromatic heterocycles. The van der Waals surface area contributed by atoms with Crippen molar-refractivity contribution in [3.8, 4) is 0 Å². The summed E-state index contributed by atoms with van der Waals surface area (Å²) >= 11 is 6.80. The minimum absolute atomic E-state index is 0.132. The third-order valence-electron chi connectivity index (χ3n) is 2.83. The Hall–Kier alpha value is -1.17. The summed E-state index contributed by atoms with van der Waals surface area (Å²) in [4.78, 5) is 12.2. The third kappa shape index (κ3) is 3.91. The van der Waals surface area contributed by atoms with Crippen LogP contribution in [0.4, 0.5) is 5.69 Å². The highest BCUT2D eigenvalue weighted by Gasteiger charge is 2.08. The standard InChI is InChI=1S/C15H14Br2N2O/c16-12-5-6-14(13(17)9-12)19-15(20)11-3-1-10(2-4-11)7-8-18/h1-6,9H,7-8,18H2,(H,19,20). The molecule has 104 valence electrons. The molecule has 0 aliphatic rings. The number of nitrogens with two attached hydrogens (primary N) is 1. The predicted octanol–water partition coefficient (Wildman–Crippen LogP) is 3.97. The Morgan fingerprint density at radius 1 is 1.10 bits per heavy atom. The van der Waals surface area contributed by atoms with E-state index in [9.17, 15) is 4.79 Å². The summed E-state index contributed by atoms with van der Waals surface area (Å²) in [7, 11) is 0. The number of carbonyl (C=O) groups excluding carboxylic acids is 1. The molecule has 0 fully saturated rings. The van der Waals surface area contributed by atoms with Crippen LogP contribution in [-0.4, -0.2) is 12.5 Å². The first-order valence-electron chi connectivity index (χ1n) is 6.15. The van der Waals surface area contributed by atoms with E-state index in [1.807, 2.05) is 42.5 Å². The van der Waals surface area contributed by atoms with Gasteiger partial charge in [0.05, 0.1) is 5.69 Å². The zero-order valence-electron chi connectivity index (χ0n) is 10.7. The smallest absolute Gasteiger partial charge is 0.255 e. The van der Waals surface area contributed by atoms with Gasteiger partial charge >= 0.3 is 0 Å².